The van der Waals surface area contributed by atoms with Gasteiger partial charge in [-0.25, -0.2) is 4.79 Å². The van der Waals surface area contributed by atoms with Crippen LogP contribution in [0.1, 0.15) is 70.3 Å². The molecule has 0 bridgehead atoms. The largest absolute Gasteiger partial charge is 0.493 e. The first-order valence-corrected chi connectivity index (χ1v) is 10.5. The minimum Gasteiger partial charge on any atom is -0.493 e. The van der Waals surface area contributed by atoms with Crippen LogP contribution in [0.25, 0.3) is 0 Å². The zero-order chi connectivity index (χ0) is 19.9. The summed E-state index contributed by atoms with van der Waals surface area (Å²) in [5, 5.41) is 2.81. The average Bonchev–Trinajstić information content (AvgIpc) is 2.71. The summed E-state index contributed by atoms with van der Waals surface area (Å²) in [6.45, 7) is 4.88. The molecule has 1 heterocycles. The minimum atomic E-state index is -0.347. The van der Waals surface area contributed by atoms with E-state index >= 15 is 0 Å². The lowest BCUT2D eigenvalue weighted by Crippen LogP contribution is -2.34. The maximum Gasteiger partial charge on any atom is 0.336 e. The first-order chi connectivity index (χ1) is 13.6. The van der Waals surface area contributed by atoms with Gasteiger partial charge in [-0.2, -0.15) is 0 Å². The molecule has 152 valence electrons. The summed E-state index contributed by atoms with van der Waals surface area (Å²) in [7, 11) is 0. The molecule has 0 radical (unpaired) electrons. The van der Waals surface area contributed by atoms with Gasteiger partial charge in [0.05, 0.1) is 18.8 Å². The predicted octanol–water partition coefficient (Wildman–Crippen LogP) is 4.48. The summed E-state index contributed by atoms with van der Waals surface area (Å²) in [6.07, 6.45) is 7.06. The predicted molar refractivity (Wildman–Crippen MR) is 108 cm³/mol. The summed E-state index contributed by atoms with van der Waals surface area (Å²) in [5.41, 5.74) is 2.00. The molecule has 28 heavy (non-hydrogen) atoms. The number of carbonyl (C=O) groups is 2. The molecule has 1 amide bonds. The lowest BCUT2D eigenvalue weighted by Gasteiger charge is -2.28. The van der Waals surface area contributed by atoms with E-state index in [1.807, 2.05) is 24.3 Å². The number of esters is 1. The van der Waals surface area contributed by atoms with Crippen LogP contribution in [0.4, 0.5) is 0 Å². The number of allylic oxidation sites excluding steroid dienone is 1. The monoisotopic (exact) mass is 385 g/mol. The normalized spacial score (nSPS) is 20.6. The lowest BCUT2D eigenvalue weighted by molar-refractivity contribution is -0.141. The maximum atomic E-state index is 13.0. The van der Waals surface area contributed by atoms with Gasteiger partial charge >= 0.3 is 5.97 Å². The number of nitrogens with one attached hydrogen (secondary N) is 1. The van der Waals surface area contributed by atoms with Gasteiger partial charge in [-0.05, 0) is 38.2 Å². The molecular weight excluding hydrogens is 354 g/mol. The standard InChI is InChI=1S/C23H31NO4/c1-3-13-27-20-12-8-7-11-18(20)19-14-21(25)24-16(2)22(19)23(26)28-15-17-9-5-4-6-10-17/h7-8,11-12,17,19H,3-6,9-10,13-15H2,1-2H3,(H,24,25)/t19-/m0/s1. The SMILES string of the molecule is CCCOc1ccccc1[C@@H]1CC(=O)NC(C)=C1C(=O)OCC1CCCCC1. The van der Waals surface area contributed by atoms with Crippen molar-refractivity contribution < 1.29 is 19.1 Å². The molecule has 1 saturated carbocycles. The third-order valence-corrected chi connectivity index (χ3v) is 5.62. The molecule has 1 fully saturated rings. The molecule has 0 aromatic heterocycles. The second kappa shape index (κ2) is 9.76. The van der Waals surface area contributed by atoms with Gasteiger partial charge in [0.1, 0.15) is 5.75 Å². The topological polar surface area (TPSA) is 64.6 Å². The third kappa shape index (κ3) is 4.94. The number of hydrogen-bond donors (Lipinski definition) is 1. The molecule has 5 heteroatoms. The molecular formula is C23H31NO4. The van der Waals surface area contributed by atoms with E-state index in [0.29, 0.717) is 30.4 Å². The molecule has 0 unspecified atom stereocenters. The summed E-state index contributed by atoms with van der Waals surface area (Å²) >= 11 is 0. The molecule has 1 aliphatic heterocycles. The Balaban J connectivity index is 1.81. The van der Waals surface area contributed by atoms with Gasteiger partial charge in [-0.3, -0.25) is 4.79 Å². The number of amides is 1. The summed E-state index contributed by atoms with van der Waals surface area (Å²) in [5.74, 6) is 0.431. The summed E-state index contributed by atoms with van der Waals surface area (Å²) < 4.78 is 11.6. The van der Waals surface area contributed by atoms with Crippen LogP contribution in [-0.4, -0.2) is 25.1 Å². The first-order valence-electron chi connectivity index (χ1n) is 10.5. The number of rotatable bonds is 7. The van der Waals surface area contributed by atoms with Gasteiger partial charge < -0.3 is 14.8 Å². The average molecular weight is 386 g/mol. The highest BCUT2D eigenvalue weighted by atomic mass is 16.5. The number of ether oxygens (including phenoxy) is 2. The quantitative estimate of drug-likeness (QED) is 0.703. The molecule has 2 aliphatic rings. The highest BCUT2D eigenvalue weighted by molar-refractivity contribution is 5.96. The van der Waals surface area contributed by atoms with Crippen molar-refractivity contribution in [3.63, 3.8) is 0 Å². The Morgan fingerprint density at radius 2 is 1.93 bits per heavy atom. The van der Waals surface area contributed by atoms with Crippen LogP contribution < -0.4 is 10.1 Å². The number of carbonyl (C=O) groups excluding carboxylic acids is 2. The molecule has 0 spiro atoms. The third-order valence-electron chi connectivity index (χ3n) is 5.62. The van der Waals surface area contributed by atoms with Crippen LogP contribution in [0, 0.1) is 5.92 Å². The van der Waals surface area contributed by atoms with E-state index in [0.717, 1.165) is 30.6 Å². The van der Waals surface area contributed by atoms with Crippen molar-refractivity contribution in [3.8, 4) is 5.75 Å². The van der Waals surface area contributed by atoms with Crippen LogP contribution in [0.5, 0.6) is 5.75 Å². The second-order valence-electron chi connectivity index (χ2n) is 7.83. The molecule has 1 N–H and O–H groups in total. The molecule has 5 nitrogen and oxygen atoms in total. The fourth-order valence-electron chi connectivity index (χ4n) is 4.17. The van der Waals surface area contributed by atoms with Crippen molar-refractivity contribution in [2.24, 2.45) is 5.92 Å². The summed E-state index contributed by atoms with van der Waals surface area (Å²) in [4.78, 5) is 25.2. The van der Waals surface area contributed by atoms with Crippen LogP contribution >= 0.6 is 0 Å². The van der Waals surface area contributed by atoms with Crippen LogP contribution in [0.3, 0.4) is 0 Å². The van der Waals surface area contributed by atoms with Crippen molar-refractivity contribution in [1.29, 1.82) is 0 Å². The minimum absolute atomic E-state index is 0.0865. The van der Waals surface area contributed by atoms with E-state index in [4.69, 9.17) is 9.47 Å². The van der Waals surface area contributed by atoms with Crippen molar-refractivity contribution in [2.45, 2.75) is 64.7 Å². The Morgan fingerprint density at radius 1 is 1.18 bits per heavy atom. The zero-order valence-corrected chi connectivity index (χ0v) is 17.0. The molecule has 3 rings (SSSR count). The Morgan fingerprint density at radius 3 is 2.68 bits per heavy atom. The van der Waals surface area contributed by atoms with Crippen molar-refractivity contribution in [1.82, 2.24) is 5.32 Å². The van der Waals surface area contributed by atoms with E-state index < -0.39 is 0 Å². The van der Waals surface area contributed by atoms with Gasteiger partial charge in [0.2, 0.25) is 5.91 Å². The van der Waals surface area contributed by atoms with Crippen molar-refractivity contribution in [2.75, 3.05) is 13.2 Å². The summed E-state index contributed by atoms with van der Waals surface area (Å²) in [6, 6.07) is 7.67. The van der Waals surface area contributed by atoms with Gasteiger partial charge in [0.25, 0.3) is 0 Å². The number of benzene rings is 1. The molecule has 1 aliphatic carbocycles. The smallest absolute Gasteiger partial charge is 0.336 e. The van der Waals surface area contributed by atoms with Crippen LogP contribution in [0.15, 0.2) is 35.5 Å². The number of para-hydroxylation sites is 1. The first kappa shape index (κ1) is 20.4. The van der Waals surface area contributed by atoms with Crippen LogP contribution in [0.2, 0.25) is 0 Å². The highest BCUT2D eigenvalue weighted by Gasteiger charge is 2.34. The Labute approximate surface area is 167 Å². The van der Waals surface area contributed by atoms with Gasteiger partial charge in [0, 0.05) is 23.6 Å². The van der Waals surface area contributed by atoms with E-state index in [-0.39, 0.29) is 24.2 Å². The fraction of sp³-hybridized carbons (Fsp3) is 0.565. The van der Waals surface area contributed by atoms with Crippen molar-refractivity contribution >= 4 is 11.9 Å². The van der Waals surface area contributed by atoms with Gasteiger partial charge in [0.15, 0.2) is 0 Å². The maximum absolute atomic E-state index is 13.0. The van der Waals surface area contributed by atoms with Crippen LogP contribution in [-0.2, 0) is 14.3 Å². The molecule has 1 aromatic carbocycles. The molecule has 1 atom stereocenters. The van der Waals surface area contributed by atoms with Crippen molar-refractivity contribution in [3.05, 3.63) is 41.1 Å². The van der Waals surface area contributed by atoms with Gasteiger partial charge in [-0.15, -0.1) is 0 Å². The van der Waals surface area contributed by atoms with E-state index in [9.17, 15) is 9.59 Å². The highest BCUT2D eigenvalue weighted by Crippen LogP contribution is 2.38. The van der Waals surface area contributed by atoms with E-state index in [2.05, 4.69) is 12.2 Å². The lowest BCUT2D eigenvalue weighted by atomic mass is 9.84. The van der Waals surface area contributed by atoms with E-state index in [1.54, 1.807) is 6.92 Å². The zero-order valence-electron chi connectivity index (χ0n) is 17.0. The fourth-order valence-corrected chi connectivity index (χ4v) is 4.17. The van der Waals surface area contributed by atoms with E-state index in [1.165, 1.54) is 19.3 Å². The molecule has 0 saturated heterocycles. The van der Waals surface area contributed by atoms with Gasteiger partial charge in [-0.1, -0.05) is 44.4 Å². The Hall–Kier alpha value is -2.30. The Kier molecular flexibility index (Phi) is 7.12. The Bertz CT molecular complexity index is 734. The number of hydrogen-bond acceptors (Lipinski definition) is 4. The second-order valence-corrected chi connectivity index (χ2v) is 7.83. The molecule has 1 aromatic rings.